The lowest BCUT2D eigenvalue weighted by Gasteiger charge is -2.34. The summed E-state index contributed by atoms with van der Waals surface area (Å²) >= 11 is 0. The number of nitrogens with zero attached hydrogens (tertiary/aromatic N) is 1. The van der Waals surface area contributed by atoms with Gasteiger partial charge in [0.1, 0.15) is 0 Å². The summed E-state index contributed by atoms with van der Waals surface area (Å²) < 4.78 is 2.38. The van der Waals surface area contributed by atoms with Crippen molar-refractivity contribution >= 4 is 21.8 Å². The van der Waals surface area contributed by atoms with E-state index in [2.05, 4.69) is 205 Å². The molecule has 1 heteroatoms. The molecule has 0 bridgehead atoms. The number of rotatable bonds is 5. The molecular formula is C49H33N. The third kappa shape index (κ3) is 4.20. The van der Waals surface area contributed by atoms with E-state index in [1.807, 2.05) is 0 Å². The van der Waals surface area contributed by atoms with Crippen molar-refractivity contribution in [2.45, 2.75) is 5.41 Å². The van der Waals surface area contributed by atoms with Crippen molar-refractivity contribution in [3.05, 3.63) is 222 Å². The summed E-state index contributed by atoms with van der Waals surface area (Å²) in [6.45, 7) is 0. The first-order valence-corrected chi connectivity index (χ1v) is 17.4. The van der Waals surface area contributed by atoms with E-state index in [4.69, 9.17) is 0 Å². The standard InChI is InChI=1S/C49H33N/c1-5-15-34(16-6-1)36-25-28-41-42-29-26-37(33-46(42)49(45(41)32-36,38-17-7-2-8-18-38)39-19-9-3-10-20-39)35-27-30-48-44(31-35)43-23-13-14-24-47(43)50(48)40-21-11-4-12-22-40/h1-33H. The van der Waals surface area contributed by atoms with Crippen LogP contribution in [0.1, 0.15) is 22.3 Å². The van der Waals surface area contributed by atoms with Gasteiger partial charge in [0.15, 0.2) is 0 Å². The molecular weight excluding hydrogens is 603 g/mol. The van der Waals surface area contributed by atoms with Gasteiger partial charge in [-0.2, -0.15) is 0 Å². The molecule has 10 rings (SSSR count). The fourth-order valence-corrected chi connectivity index (χ4v) is 8.49. The first kappa shape index (κ1) is 28.6. The van der Waals surface area contributed by atoms with E-state index in [-0.39, 0.29) is 0 Å². The minimum atomic E-state index is -0.485. The Hall–Kier alpha value is -6.44. The molecule has 0 atom stereocenters. The lowest BCUT2D eigenvalue weighted by atomic mass is 9.67. The molecule has 0 N–H and O–H groups in total. The smallest absolute Gasteiger partial charge is 0.0713 e. The number of fused-ring (bicyclic) bond motifs is 6. The van der Waals surface area contributed by atoms with Crippen LogP contribution >= 0.6 is 0 Å². The number of para-hydroxylation sites is 2. The molecule has 1 aromatic heterocycles. The Balaban J connectivity index is 1.23. The summed E-state index contributed by atoms with van der Waals surface area (Å²) in [5.74, 6) is 0. The van der Waals surface area contributed by atoms with Crippen LogP contribution in [0.3, 0.4) is 0 Å². The van der Waals surface area contributed by atoms with Crippen LogP contribution in [0.5, 0.6) is 0 Å². The van der Waals surface area contributed by atoms with Crippen LogP contribution in [0.25, 0.3) is 60.9 Å². The highest BCUT2D eigenvalue weighted by Gasteiger charge is 2.46. The topological polar surface area (TPSA) is 4.93 Å². The van der Waals surface area contributed by atoms with Crippen LogP contribution < -0.4 is 0 Å². The van der Waals surface area contributed by atoms with Crippen molar-refractivity contribution in [2.75, 3.05) is 0 Å². The maximum atomic E-state index is 2.47. The first-order valence-electron chi connectivity index (χ1n) is 17.4. The van der Waals surface area contributed by atoms with Crippen molar-refractivity contribution in [1.82, 2.24) is 4.57 Å². The molecule has 1 nitrogen and oxygen atoms in total. The number of aromatic nitrogens is 1. The minimum Gasteiger partial charge on any atom is -0.309 e. The molecule has 9 aromatic rings. The van der Waals surface area contributed by atoms with Gasteiger partial charge in [-0.1, -0.05) is 158 Å². The van der Waals surface area contributed by atoms with E-state index >= 15 is 0 Å². The van der Waals surface area contributed by atoms with Crippen LogP contribution in [0.15, 0.2) is 200 Å². The van der Waals surface area contributed by atoms with Crippen molar-refractivity contribution in [3.63, 3.8) is 0 Å². The van der Waals surface area contributed by atoms with E-state index in [0.717, 1.165) is 0 Å². The van der Waals surface area contributed by atoms with Gasteiger partial charge >= 0.3 is 0 Å². The maximum absolute atomic E-state index is 2.47. The monoisotopic (exact) mass is 635 g/mol. The van der Waals surface area contributed by atoms with Gasteiger partial charge in [0.2, 0.25) is 0 Å². The zero-order valence-corrected chi connectivity index (χ0v) is 27.5. The highest BCUT2D eigenvalue weighted by Crippen LogP contribution is 2.57. The maximum Gasteiger partial charge on any atom is 0.0713 e. The molecule has 0 unspecified atom stereocenters. The molecule has 1 aliphatic rings. The Morgan fingerprint density at radius 3 is 1.40 bits per heavy atom. The third-order valence-corrected chi connectivity index (χ3v) is 10.7. The van der Waals surface area contributed by atoms with Crippen molar-refractivity contribution in [1.29, 1.82) is 0 Å². The zero-order valence-electron chi connectivity index (χ0n) is 27.5. The Morgan fingerprint density at radius 1 is 0.320 bits per heavy atom. The van der Waals surface area contributed by atoms with E-state index in [1.54, 1.807) is 0 Å². The number of hydrogen-bond acceptors (Lipinski definition) is 0. The Morgan fingerprint density at radius 2 is 0.780 bits per heavy atom. The van der Waals surface area contributed by atoms with Gasteiger partial charge in [-0.3, -0.25) is 0 Å². The third-order valence-electron chi connectivity index (χ3n) is 10.7. The highest BCUT2D eigenvalue weighted by atomic mass is 15.0. The van der Waals surface area contributed by atoms with Gasteiger partial charge in [0.25, 0.3) is 0 Å². The summed E-state index contributed by atoms with van der Waals surface area (Å²) in [5.41, 5.74) is 15.8. The van der Waals surface area contributed by atoms with Crippen LogP contribution in [-0.2, 0) is 5.41 Å². The van der Waals surface area contributed by atoms with Gasteiger partial charge in [-0.05, 0) is 98.1 Å². The fourth-order valence-electron chi connectivity index (χ4n) is 8.49. The first-order chi connectivity index (χ1) is 24.8. The lowest BCUT2D eigenvalue weighted by Crippen LogP contribution is -2.28. The molecule has 0 spiro atoms. The van der Waals surface area contributed by atoms with E-state index in [0.29, 0.717) is 0 Å². The quantitative estimate of drug-likeness (QED) is 0.177. The Labute approximate surface area is 292 Å². The molecule has 50 heavy (non-hydrogen) atoms. The van der Waals surface area contributed by atoms with Crippen molar-refractivity contribution < 1.29 is 0 Å². The Bertz CT molecular complexity index is 2630. The van der Waals surface area contributed by atoms with Crippen molar-refractivity contribution in [2.24, 2.45) is 0 Å². The molecule has 0 amide bonds. The van der Waals surface area contributed by atoms with Crippen molar-refractivity contribution in [3.8, 4) is 39.1 Å². The molecule has 1 heterocycles. The SMILES string of the molecule is c1ccc(-c2ccc3c(c2)C(c2ccccc2)(c2ccccc2)c2cc(-c4ccc5c(c4)c4ccccc4n5-c4ccccc4)ccc2-3)cc1. The molecule has 234 valence electrons. The van der Waals surface area contributed by atoms with Crippen LogP contribution in [0.2, 0.25) is 0 Å². The van der Waals surface area contributed by atoms with Crippen LogP contribution in [-0.4, -0.2) is 4.57 Å². The van der Waals surface area contributed by atoms with Gasteiger partial charge in [-0.25, -0.2) is 0 Å². The predicted molar refractivity (Wildman–Crippen MR) is 209 cm³/mol. The minimum absolute atomic E-state index is 0.485. The normalized spacial score (nSPS) is 13.0. The second-order valence-electron chi connectivity index (χ2n) is 13.3. The highest BCUT2D eigenvalue weighted by molar-refractivity contribution is 6.10. The summed E-state index contributed by atoms with van der Waals surface area (Å²) in [5, 5.41) is 2.52. The van der Waals surface area contributed by atoms with Gasteiger partial charge in [0.05, 0.1) is 16.4 Å². The molecule has 1 aliphatic carbocycles. The summed E-state index contributed by atoms with van der Waals surface area (Å²) in [6, 6.07) is 73.6. The van der Waals surface area contributed by atoms with Gasteiger partial charge in [-0.15, -0.1) is 0 Å². The fraction of sp³-hybridized carbons (Fsp3) is 0.0204. The molecule has 0 fully saturated rings. The average Bonchev–Trinajstić information content (AvgIpc) is 3.69. The molecule has 0 aliphatic heterocycles. The molecule has 0 saturated heterocycles. The zero-order chi connectivity index (χ0) is 33.1. The van der Waals surface area contributed by atoms with Gasteiger partial charge in [0, 0.05) is 16.5 Å². The summed E-state index contributed by atoms with van der Waals surface area (Å²) in [7, 11) is 0. The Kier molecular flexibility index (Phi) is 6.47. The lowest BCUT2D eigenvalue weighted by molar-refractivity contribution is 0.769. The number of benzene rings is 8. The second kappa shape index (κ2) is 11.3. The molecule has 0 radical (unpaired) electrons. The summed E-state index contributed by atoms with van der Waals surface area (Å²) in [4.78, 5) is 0. The molecule has 8 aromatic carbocycles. The van der Waals surface area contributed by atoms with E-state index in [1.165, 1.54) is 83.1 Å². The van der Waals surface area contributed by atoms with Gasteiger partial charge < -0.3 is 4.57 Å². The largest absolute Gasteiger partial charge is 0.309 e. The molecule has 0 saturated carbocycles. The van der Waals surface area contributed by atoms with E-state index < -0.39 is 5.41 Å². The van der Waals surface area contributed by atoms with Crippen LogP contribution in [0, 0.1) is 0 Å². The number of hydrogen-bond donors (Lipinski definition) is 0. The van der Waals surface area contributed by atoms with Crippen LogP contribution in [0.4, 0.5) is 0 Å². The predicted octanol–water partition coefficient (Wildman–Crippen LogP) is 12.5. The summed E-state index contributed by atoms with van der Waals surface area (Å²) in [6.07, 6.45) is 0. The van der Waals surface area contributed by atoms with E-state index in [9.17, 15) is 0 Å². The average molecular weight is 636 g/mol. The second-order valence-corrected chi connectivity index (χ2v) is 13.3.